The molecule has 0 heterocycles. The summed E-state index contributed by atoms with van der Waals surface area (Å²) in [6.07, 6.45) is 1.01. The highest BCUT2D eigenvalue weighted by molar-refractivity contribution is 7.90. The highest BCUT2D eigenvalue weighted by Gasteiger charge is 2.16. The largest absolute Gasteiger partial charge is 0.370 e. The SMILES string of the molecule is CS(=O)(=O)c1ccc(CNC(=O)C(N)CCC(N)=O)cc1F. The molecular weight excluding hydrogens is 313 g/mol. The fourth-order valence-electron chi connectivity index (χ4n) is 1.70. The maximum absolute atomic E-state index is 13.7. The first-order chi connectivity index (χ1) is 10.1. The van der Waals surface area contributed by atoms with E-state index in [1.165, 1.54) is 6.07 Å². The van der Waals surface area contributed by atoms with E-state index in [2.05, 4.69) is 5.32 Å². The maximum atomic E-state index is 13.7. The number of rotatable bonds is 7. The minimum Gasteiger partial charge on any atom is -0.370 e. The highest BCUT2D eigenvalue weighted by atomic mass is 32.2. The molecule has 122 valence electrons. The molecule has 7 nitrogen and oxygen atoms in total. The molecule has 0 aromatic heterocycles. The third-order valence-corrected chi connectivity index (χ3v) is 4.03. The van der Waals surface area contributed by atoms with Crippen LogP contribution < -0.4 is 16.8 Å². The average molecular weight is 331 g/mol. The topological polar surface area (TPSA) is 132 Å². The molecule has 0 radical (unpaired) electrons. The second kappa shape index (κ2) is 7.32. The number of amides is 2. The number of nitrogens with two attached hydrogens (primary N) is 2. The van der Waals surface area contributed by atoms with E-state index >= 15 is 0 Å². The molecule has 9 heteroatoms. The molecule has 1 aromatic carbocycles. The number of primary amides is 1. The van der Waals surface area contributed by atoms with E-state index in [4.69, 9.17) is 11.5 Å². The lowest BCUT2D eigenvalue weighted by atomic mass is 10.1. The number of benzene rings is 1. The minimum atomic E-state index is -3.64. The summed E-state index contributed by atoms with van der Waals surface area (Å²) in [5.41, 5.74) is 10.9. The summed E-state index contributed by atoms with van der Waals surface area (Å²) in [7, 11) is -3.64. The fraction of sp³-hybridized carbons (Fsp3) is 0.385. The lowest BCUT2D eigenvalue weighted by Gasteiger charge is -2.12. The molecule has 5 N–H and O–H groups in total. The van der Waals surface area contributed by atoms with Crippen molar-refractivity contribution >= 4 is 21.7 Å². The Morgan fingerprint density at radius 3 is 2.50 bits per heavy atom. The molecule has 1 unspecified atom stereocenters. The van der Waals surface area contributed by atoms with Crippen LogP contribution in [0.25, 0.3) is 0 Å². The van der Waals surface area contributed by atoms with Crippen LogP contribution in [0, 0.1) is 5.82 Å². The average Bonchev–Trinajstić information content (AvgIpc) is 2.40. The number of hydrogen-bond acceptors (Lipinski definition) is 5. The first-order valence-electron chi connectivity index (χ1n) is 6.41. The van der Waals surface area contributed by atoms with Crippen LogP contribution >= 0.6 is 0 Å². The summed E-state index contributed by atoms with van der Waals surface area (Å²) >= 11 is 0. The number of halogens is 1. The number of nitrogens with one attached hydrogen (secondary N) is 1. The first-order valence-corrected chi connectivity index (χ1v) is 8.30. The van der Waals surface area contributed by atoms with Gasteiger partial charge in [0.1, 0.15) is 10.7 Å². The Morgan fingerprint density at radius 1 is 1.36 bits per heavy atom. The molecule has 0 saturated carbocycles. The fourth-order valence-corrected chi connectivity index (χ4v) is 2.43. The number of sulfone groups is 1. The van der Waals surface area contributed by atoms with Crippen molar-refractivity contribution in [2.75, 3.05) is 6.26 Å². The van der Waals surface area contributed by atoms with Gasteiger partial charge in [0.25, 0.3) is 0 Å². The molecule has 0 bridgehead atoms. The van der Waals surface area contributed by atoms with E-state index in [1.54, 1.807) is 0 Å². The van der Waals surface area contributed by atoms with Gasteiger partial charge in [-0.25, -0.2) is 12.8 Å². The van der Waals surface area contributed by atoms with E-state index in [0.29, 0.717) is 5.56 Å². The van der Waals surface area contributed by atoms with Crippen molar-refractivity contribution < 1.29 is 22.4 Å². The Hall–Kier alpha value is -2.00. The van der Waals surface area contributed by atoms with Crippen LogP contribution in [0.2, 0.25) is 0 Å². The van der Waals surface area contributed by atoms with E-state index in [1.807, 2.05) is 0 Å². The summed E-state index contributed by atoms with van der Waals surface area (Å²) in [6.45, 7) is -0.00985. The molecule has 0 aliphatic rings. The molecule has 0 saturated heterocycles. The molecule has 0 fully saturated rings. The molecular formula is C13H18FN3O4S. The number of hydrogen-bond donors (Lipinski definition) is 3. The summed E-state index contributed by atoms with van der Waals surface area (Å²) in [5, 5.41) is 2.48. The lowest BCUT2D eigenvalue weighted by molar-refractivity contribution is -0.123. The Kier molecular flexibility index (Phi) is 6.01. The van der Waals surface area contributed by atoms with Crippen LogP contribution in [0.5, 0.6) is 0 Å². The van der Waals surface area contributed by atoms with Crippen LogP contribution in [0.4, 0.5) is 4.39 Å². The zero-order valence-corrected chi connectivity index (χ0v) is 12.8. The van der Waals surface area contributed by atoms with Gasteiger partial charge in [-0.05, 0) is 24.1 Å². The summed E-state index contributed by atoms with van der Waals surface area (Å²) in [6, 6.07) is 2.67. The summed E-state index contributed by atoms with van der Waals surface area (Å²) < 4.78 is 36.2. The van der Waals surface area contributed by atoms with Gasteiger partial charge in [-0.2, -0.15) is 0 Å². The van der Waals surface area contributed by atoms with Crippen LogP contribution in [-0.2, 0) is 26.0 Å². The molecule has 1 atom stereocenters. The first kappa shape index (κ1) is 18.1. The quantitative estimate of drug-likeness (QED) is 0.616. The molecule has 0 aliphatic carbocycles. The maximum Gasteiger partial charge on any atom is 0.237 e. The van der Waals surface area contributed by atoms with Crippen LogP contribution in [0.3, 0.4) is 0 Å². The Morgan fingerprint density at radius 2 is 2.00 bits per heavy atom. The van der Waals surface area contributed by atoms with Gasteiger partial charge in [0, 0.05) is 19.2 Å². The highest BCUT2D eigenvalue weighted by Crippen LogP contribution is 2.15. The number of carbonyl (C=O) groups excluding carboxylic acids is 2. The Bertz CT molecular complexity index is 676. The molecule has 0 spiro atoms. The minimum absolute atomic E-state index is 0.00767. The van der Waals surface area contributed by atoms with Gasteiger partial charge in [0.15, 0.2) is 9.84 Å². The van der Waals surface area contributed by atoms with E-state index < -0.39 is 38.4 Å². The van der Waals surface area contributed by atoms with Gasteiger partial charge in [0.2, 0.25) is 11.8 Å². The van der Waals surface area contributed by atoms with E-state index in [-0.39, 0.29) is 19.4 Å². The lowest BCUT2D eigenvalue weighted by Crippen LogP contribution is -2.40. The van der Waals surface area contributed by atoms with Gasteiger partial charge in [-0.15, -0.1) is 0 Å². The van der Waals surface area contributed by atoms with Crippen molar-refractivity contribution in [1.29, 1.82) is 0 Å². The van der Waals surface area contributed by atoms with Crippen molar-refractivity contribution in [2.24, 2.45) is 11.5 Å². The van der Waals surface area contributed by atoms with E-state index in [0.717, 1.165) is 18.4 Å². The van der Waals surface area contributed by atoms with Gasteiger partial charge in [-0.1, -0.05) is 6.07 Å². The normalized spacial score (nSPS) is 12.7. The van der Waals surface area contributed by atoms with Crippen LogP contribution in [0.15, 0.2) is 23.1 Å². The Labute approximate surface area is 127 Å². The second-order valence-corrected chi connectivity index (χ2v) is 6.85. The van der Waals surface area contributed by atoms with E-state index in [9.17, 15) is 22.4 Å². The van der Waals surface area contributed by atoms with Gasteiger partial charge in [-0.3, -0.25) is 9.59 Å². The van der Waals surface area contributed by atoms with Crippen LogP contribution in [-0.4, -0.2) is 32.5 Å². The third kappa shape index (κ3) is 5.41. The standard InChI is InChI=1S/C13H18FN3O4S/c1-22(20,21)11-4-2-8(6-9(11)14)7-17-13(19)10(15)3-5-12(16)18/h2,4,6,10H,3,5,7,15H2,1H3,(H2,16,18)(H,17,19). The third-order valence-electron chi connectivity index (χ3n) is 2.90. The monoisotopic (exact) mass is 331 g/mol. The second-order valence-electron chi connectivity index (χ2n) is 4.87. The predicted octanol–water partition coefficient (Wildman–Crippen LogP) is -0.562. The molecule has 1 rings (SSSR count). The molecule has 22 heavy (non-hydrogen) atoms. The zero-order chi connectivity index (χ0) is 16.9. The molecule has 2 amide bonds. The molecule has 1 aromatic rings. The van der Waals surface area contributed by atoms with Crippen molar-refractivity contribution in [3.05, 3.63) is 29.6 Å². The van der Waals surface area contributed by atoms with Crippen LogP contribution in [0.1, 0.15) is 18.4 Å². The van der Waals surface area contributed by atoms with Gasteiger partial charge >= 0.3 is 0 Å². The van der Waals surface area contributed by atoms with Crippen molar-refractivity contribution in [3.63, 3.8) is 0 Å². The van der Waals surface area contributed by atoms with Crippen molar-refractivity contribution in [1.82, 2.24) is 5.32 Å². The van der Waals surface area contributed by atoms with Crippen molar-refractivity contribution in [3.8, 4) is 0 Å². The van der Waals surface area contributed by atoms with Gasteiger partial charge < -0.3 is 16.8 Å². The zero-order valence-electron chi connectivity index (χ0n) is 12.0. The van der Waals surface area contributed by atoms with Crippen molar-refractivity contribution in [2.45, 2.75) is 30.3 Å². The smallest absolute Gasteiger partial charge is 0.237 e. The molecule has 0 aliphatic heterocycles. The summed E-state index contributed by atoms with van der Waals surface area (Å²) in [4.78, 5) is 21.9. The van der Waals surface area contributed by atoms with Gasteiger partial charge in [0.05, 0.1) is 6.04 Å². The number of carbonyl (C=O) groups is 2. The summed E-state index contributed by atoms with van der Waals surface area (Å²) in [5.74, 6) is -1.94. The predicted molar refractivity (Wildman–Crippen MR) is 77.8 cm³/mol. The Balaban J connectivity index is 2.63.